The topological polar surface area (TPSA) is 47.3 Å². The average molecular weight is 293 g/mol. The smallest absolute Gasteiger partial charge is 0.123 e. The number of fused-ring (bicyclic) bond motifs is 1. The van der Waals surface area contributed by atoms with Crippen LogP contribution in [0.1, 0.15) is 36.6 Å². The molecule has 1 aromatic heterocycles. The molecule has 2 atom stereocenters. The summed E-state index contributed by atoms with van der Waals surface area (Å²) in [6, 6.07) is 7.80. The second-order valence-corrected chi connectivity index (χ2v) is 5.41. The fraction of sp³-hybridized carbons (Fsp3) is 0.400. The summed E-state index contributed by atoms with van der Waals surface area (Å²) in [5.74, 6) is 0.741. The Labute approximate surface area is 122 Å². The molecule has 0 spiro atoms. The molecule has 5 heteroatoms. The normalized spacial score (nSPS) is 18.6. The summed E-state index contributed by atoms with van der Waals surface area (Å²) in [4.78, 5) is 0. The molecule has 1 aromatic carbocycles. The van der Waals surface area contributed by atoms with E-state index in [0.29, 0.717) is 17.3 Å². The average Bonchev–Trinajstić information content (AvgIpc) is 3.03. The van der Waals surface area contributed by atoms with Crippen LogP contribution in [0.5, 0.6) is 5.75 Å². The number of hydrogen-bond donors (Lipinski definition) is 1. The Balaban J connectivity index is 1.94. The zero-order chi connectivity index (χ0) is 14.1. The van der Waals surface area contributed by atoms with Crippen molar-refractivity contribution in [1.82, 2.24) is 9.78 Å². The molecular formula is C15H17ClN2O2. The number of nitrogens with zero attached hydrogens (tertiary/aromatic N) is 2. The standard InChI is InChI=1S/C15H17ClN2O2/c1-2-7-18-14(12(16)8-17-18)15(19)11-9-20-13-6-4-3-5-10(11)13/h3-6,8,11,15,19H,2,7,9H2,1H3. The van der Waals surface area contributed by atoms with Crippen LogP contribution >= 0.6 is 11.6 Å². The van der Waals surface area contributed by atoms with E-state index in [9.17, 15) is 5.11 Å². The number of aliphatic hydroxyl groups is 1. The van der Waals surface area contributed by atoms with Crippen molar-refractivity contribution < 1.29 is 9.84 Å². The maximum Gasteiger partial charge on any atom is 0.123 e. The number of rotatable bonds is 4. The quantitative estimate of drug-likeness (QED) is 0.941. The first-order valence-electron chi connectivity index (χ1n) is 6.83. The van der Waals surface area contributed by atoms with E-state index in [0.717, 1.165) is 24.3 Å². The van der Waals surface area contributed by atoms with Crippen molar-refractivity contribution in [2.75, 3.05) is 6.61 Å². The number of para-hydroxylation sites is 1. The lowest BCUT2D eigenvalue weighted by Gasteiger charge is -2.19. The monoisotopic (exact) mass is 292 g/mol. The van der Waals surface area contributed by atoms with Crippen molar-refractivity contribution in [3.63, 3.8) is 0 Å². The fourth-order valence-electron chi connectivity index (χ4n) is 2.70. The fourth-order valence-corrected chi connectivity index (χ4v) is 2.95. The summed E-state index contributed by atoms with van der Waals surface area (Å²) >= 11 is 6.20. The lowest BCUT2D eigenvalue weighted by Crippen LogP contribution is -2.17. The Kier molecular flexibility index (Phi) is 3.68. The molecule has 1 aliphatic heterocycles. The molecule has 4 nitrogen and oxygen atoms in total. The van der Waals surface area contributed by atoms with Gasteiger partial charge in [-0.3, -0.25) is 4.68 Å². The molecule has 0 fully saturated rings. The van der Waals surface area contributed by atoms with Gasteiger partial charge in [0.15, 0.2) is 0 Å². The van der Waals surface area contributed by atoms with Crippen molar-refractivity contribution in [2.45, 2.75) is 31.9 Å². The van der Waals surface area contributed by atoms with Gasteiger partial charge in [-0.2, -0.15) is 5.10 Å². The molecule has 1 aliphatic rings. The Bertz CT molecular complexity index is 612. The highest BCUT2D eigenvalue weighted by Gasteiger charge is 2.34. The maximum absolute atomic E-state index is 10.7. The van der Waals surface area contributed by atoms with Crippen LogP contribution in [0.25, 0.3) is 0 Å². The van der Waals surface area contributed by atoms with Crippen LogP contribution in [0.3, 0.4) is 0 Å². The predicted molar refractivity (Wildman–Crippen MR) is 77.2 cm³/mol. The predicted octanol–water partition coefficient (Wildman–Crippen LogP) is 3.16. The molecule has 0 bridgehead atoms. The molecule has 20 heavy (non-hydrogen) atoms. The molecule has 106 valence electrons. The first-order valence-corrected chi connectivity index (χ1v) is 7.21. The van der Waals surface area contributed by atoms with Crippen LogP contribution in [-0.4, -0.2) is 21.5 Å². The molecule has 2 aromatic rings. The Morgan fingerprint density at radius 2 is 2.30 bits per heavy atom. The molecule has 1 N–H and O–H groups in total. The van der Waals surface area contributed by atoms with Gasteiger partial charge < -0.3 is 9.84 Å². The van der Waals surface area contributed by atoms with Gasteiger partial charge in [0.2, 0.25) is 0 Å². The number of aliphatic hydroxyl groups excluding tert-OH is 1. The van der Waals surface area contributed by atoms with Gasteiger partial charge in [-0.05, 0) is 12.5 Å². The summed E-state index contributed by atoms with van der Waals surface area (Å²) in [6.45, 7) is 3.28. The van der Waals surface area contributed by atoms with Crippen LogP contribution in [-0.2, 0) is 6.54 Å². The van der Waals surface area contributed by atoms with Gasteiger partial charge in [-0.1, -0.05) is 36.7 Å². The van der Waals surface area contributed by atoms with E-state index in [2.05, 4.69) is 12.0 Å². The van der Waals surface area contributed by atoms with Crippen LogP contribution in [0.2, 0.25) is 5.02 Å². The Morgan fingerprint density at radius 1 is 1.50 bits per heavy atom. The molecule has 0 radical (unpaired) electrons. The highest BCUT2D eigenvalue weighted by Crippen LogP contribution is 2.42. The van der Waals surface area contributed by atoms with Crippen molar-refractivity contribution in [3.05, 3.63) is 46.7 Å². The van der Waals surface area contributed by atoms with Crippen LogP contribution in [0, 0.1) is 0 Å². The lowest BCUT2D eigenvalue weighted by atomic mass is 9.93. The summed E-state index contributed by atoms with van der Waals surface area (Å²) in [7, 11) is 0. The van der Waals surface area contributed by atoms with Crippen molar-refractivity contribution in [2.24, 2.45) is 0 Å². The van der Waals surface area contributed by atoms with Gasteiger partial charge in [0.1, 0.15) is 11.9 Å². The first-order chi connectivity index (χ1) is 9.72. The second kappa shape index (κ2) is 5.46. The minimum atomic E-state index is -0.708. The van der Waals surface area contributed by atoms with Crippen molar-refractivity contribution in [1.29, 1.82) is 0 Å². The number of aromatic nitrogens is 2. The zero-order valence-corrected chi connectivity index (χ0v) is 12.0. The summed E-state index contributed by atoms with van der Waals surface area (Å²) in [5.41, 5.74) is 1.71. The summed E-state index contributed by atoms with van der Waals surface area (Å²) in [6.07, 6.45) is 1.83. The summed E-state index contributed by atoms with van der Waals surface area (Å²) in [5, 5.41) is 15.5. The van der Waals surface area contributed by atoms with Crippen LogP contribution in [0.15, 0.2) is 30.5 Å². The minimum absolute atomic E-state index is 0.101. The molecule has 2 heterocycles. The lowest BCUT2D eigenvalue weighted by molar-refractivity contribution is 0.121. The van der Waals surface area contributed by atoms with Gasteiger partial charge >= 0.3 is 0 Å². The van der Waals surface area contributed by atoms with Crippen LogP contribution < -0.4 is 4.74 Å². The zero-order valence-electron chi connectivity index (χ0n) is 11.3. The van der Waals surface area contributed by atoms with Gasteiger partial charge in [-0.25, -0.2) is 0 Å². The third kappa shape index (κ3) is 2.19. The van der Waals surface area contributed by atoms with Crippen LogP contribution in [0.4, 0.5) is 0 Å². The number of hydrogen-bond acceptors (Lipinski definition) is 3. The molecule has 0 saturated heterocycles. The van der Waals surface area contributed by atoms with Gasteiger partial charge in [-0.15, -0.1) is 0 Å². The van der Waals surface area contributed by atoms with E-state index in [1.165, 1.54) is 0 Å². The molecule has 0 saturated carbocycles. The SMILES string of the molecule is CCCn1ncc(Cl)c1C(O)C1COc2ccccc21. The minimum Gasteiger partial charge on any atom is -0.493 e. The van der Waals surface area contributed by atoms with E-state index in [4.69, 9.17) is 16.3 Å². The summed E-state index contributed by atoms with van der Waals surface area (Å²) < 4.78 is 7.42. The maximum atomic E-state index is 10.7. The highest BCUT2D eigenvalue weighted by atomic mass is 35.5. The number of ether oxygens (including phenoxy) is 1. The van der Waals surface area contributed by atoms with E-state index in [-0.39, 0.29) is 5.92 Å². The first kappa shape index (κ1) is 13.5. The van der Waals surface area contributed by atoms with E-state index in [1.807, 2.05) is 24.3 Å². The van der Waals surface area contributed by atoms with E-state index < -0.39 is 6.10 Å². The number of halogens is 1. The third-order valence-corrected chi connectivity index (χ3v) is 3.96. The second-order valence-electron chi connectivity index (χ2n) is 5.00. The molecular weight excluding hydrogens is 276 g/mol. The molecule has 0 amide bonds. The molecule has 2 unspecified atom stereocenters. The number of benzene rings is 1. The largest absolute Gasteiger partial charge is 0.493 e. The molecule has 0 aliphatic carbocycles. The highest BCUT2D eigenvalue weighted by molar-refractivity contribution is 6.31. The van der Waals surface area contributed by atoms with E-state index in [1.54, 1.807) is 10.9 Å². The van der Waals surface area contributed by atoms with Gasteiger partial charge in [0.05, 0.1) is 29.4 Å². The third-order valence-electron chi connectivity index (χ3n) is 3.67. The van der Waals surface area contributed by atoms with Gasteiger partial charge in [0.25, 0.3) is 0 Å². The Morgan fingerprint density at radius 3 is 3.10 bits per heavy atom. The molecule has 3 rings (SSSR count). The number of aryl methyl sites for hydroxylation is 1. The van der Waals surface area contributed by atoms with Crippen molar-refractivity contribution in [3.8, 4) is 5.75 Å². The van der Waals surface area contributed by atoms with E-state index >= 15 is 0 Å². The van der Waals surface area contributed by atoms with Gasteiger partial charge in [0, 0.05) is 12.1 Å². The Hall–Kier alpha value is -1.52. The van der Waals surface area contributed by atoms with Crippen molar-refractivity contribution >= 4 is 11.6 Å².